The molecule has 140 valence electrons. The van der Waals surface area contributed by atoms with Crippen LogP contribution in [-0.4, -0.2) is 35.3 Å². The van der Waals surface area contributed by atoms with Crippen molar-refractivity contribution in [2.45, 2.75) is 31.8 Å². The molecule has 1 fully saturated rings. The lowest BCUT2D eigenvalue weighted by Gasteiger charge is -2.44. The Labute approximate surface area is 168 Å². The summed E-state index contributed by atoms with van der Waals surface area (Å²) in [6.07, 6.45) is 1.56. The van der Waals surface area contributed by atoms with Crippen molar-refractivity contribution in [3.05, 3.63) is 63.1 Å². The second kappa shape index (κ2) is 6.84. The molecule has 0 saturated carbocycles. The lowest BCUT2D eigenvalue weighted by molar-refractivity contribution is -0.00571. The first kappa shape index (κ1) is 18.3. The van der Waals surface area contributed by atoms with Crippen molar-refractivity contribution >= 4 is 34.9 Å². The van der Waals surface area contributed by atoms with E-state index in [1.54, 1.807) is 23.1 Å². The summed E-state index contributed by atoms with van der Waals surface area (Å²) in [4.78, 5) is 27.2. The predicted molar refractivity (Wildman–Crippen MR) is 105 cm³/mol. The Morgan fingerprint density at radius 1 is 1.11 bits per heavy atom. The minimum atomic E-state index is -0.533. The Balaban J connectivity index is 1.50. The average molecular weight is 404 g/mol. The van der Waals surface area contributed by atoms with Crippen molar-refractivity contribution in [1.29, 1.82) is 0 Å². The third kappa shape index (κ3) is 3.44. The van der Waals surface area contributed by atoms with E-state index in [0.29, 0.717) is 59.3 Å². The number of ketones is 1. The second-order valence-corrected chi connectivity index (χ2v) is 8.14. The highest BCUT2D eigenvalue weighted by molar-refractivity contribution is 6.35. The maximum Gasteiger partial charge on any atom is 0.255 e. The Kier molecular flexibility index (Phi) is 4.65. The highest BCUT2D eigenvalue weighted by atomic mass is 35.5. The highest BCUT2D eigenvalue weighted by Gasteiger charge is 2.43. The van der Waals surface area contributed by atoms with Crippen LogP contribution in [0.3, 0.4) is 0 Å². The Hall–Kier alpha value is -2.04. The Morgan fingerprint density at radius 3 is 2.59 bits per heavy atom. The van der Waals surface area contributed by atoms with Gasteiger partial charge in [0.05, 0.1) is 22.6 Å². The van der Waals surface area contributed by atoms with E-state index in [4.69, 9.17) is 27.9 Å². The van der Waals surface area contributed by atoms with Crippen LogP contribution in [0.25, 0.3) is 0 Å². The fourth-order valence-electron chi connectivity index (χ4n) is 3.84. The topological polar surface area (TPSA) is 46.6 Å². The predicted octanol–water partition coefficient (Wildman–Crippen LogP) is 4.94. The lowest BCUT2D eigenvalue weighted by Crippen LogP contribution is -2.52. The fraction of sp³-hybridized carbons (Fsp3) is 0.333. The van der Waals surface area contributed by atoms with Gasteiger partial charge in [-0.25, -0.2) is 0 Å². The summed E-state index contributed by atoms with van der Waals surface area (Å²) in [6, 6.07) is 10.6. The van der Waals surface area contributed by atoms with Gasteiger partial charge in [-0.1, -0.05) is 34.8 Å². The maximum absolute atomic E-state index is 12.8. The monoisotopic (exact) mass is 403 g/mol. The van der Waals surface area contributed by atoms with Gasteiger partial charge in [-0.3, -0.25) is 9.59 Å². The smallest absolute Gasteiger partial charge is 0.255 e. The second-order valence-electron chi connectivity index (χ2n) is 7.30. The molecule has 6 heteroatoms. The summed E-state index contributed by atoms with van der Waals surface area (Å²) >= 11 is 12.2. The number of rotatable bonds is 1. The number of Topliss-reactive ketones (excluding diaryl/α,β-unsaturated/α-hetero) is 1. The van der Waals surface area contributed by atoms with E-state index < -0.39 is 5.60 Å². The van der Waals surface area contributed by atoms with Gasteiger partial charge in [0.25, 0.3) is 5.91 Å². The highest BCUT2D eigenvalue weighted by Crippen LogP contribution is 2.40. The van der Waals surface area contributed by atoms with Gasteiger partial charge in [-0.05, 0) is 37.3 Å². The van der Waals surface area contributed by atoms with Gasteiger partial charge >= 0.3 is 0 Å². The number of hydrogen-bond acceptors (Lipinski definition) is 3. The number of ether oxygens (including phenoxy) is 1. The molecule has 1 saturated heterocycles. The van der Waals surface area contributed by atoms with Crippen molar-refractivity contribution in [2.75, 3.05) is 13.1 Å². The summed E-state index contributed by atoms with van der Waals surface area (Å²) in [7, 11) is 0. The first-order valence-electron chi connectivity index (χ1n) is 8.94. The van der Waals surface area contributed by atoms with E-state index in [0.717, 1.165) is 5.56 Å². The van der Waals surface area contributed by atoms with Crippen LogP contribution in [0.1, 0.15) is 45.5 Å². The van der Waals surface area contributed by atoms with Crippen LogP contribution in [0.4, 0.5) is 0 Å². The molecule has 0 N–H and O–H groups in total. The molecule has 0 atom stereocenters. The number of amides is 1. The maximum atomic E-state index is 12.8. The molecule has 2 aliphatic heterocycles. The molecule has 0 unspecified atom stereocenters. The third-order valence-electron chi connectivity index (χ3n) is 5.37. The minimum absolute atomic E-state index is 0.109. The molecule has 0 aromatic heterocycles. The normalized spacial score (nSPS) is 18.2. The molecule has 0 radical (unpaired) electrons. The quantitative estimate of drug-likeness (QED) is 0.676. The first-order valence-corrected chi connectivity index (χ1v) is 9.70. The number of carbonyl (C=O) groups excluding carboxylic acids is 2. The zero-order valence-corrected chi connectivity index (χ0v) is 16.4. The van der Waals surface area contributed by atoms with Gasteiger partial charge in [0.15, 0.2) is 5.78 Å². The lowest BCUT2D eigenvalue weighted by atomic mass is 9.82. The molecule has 0 aliphatic carbocycles. The van der Waals surface area contributed by atoms with Crippen LogP contribution >= 0.6 is 23.2 Å². The van der Waals surface area contributed by atoms with Crippen LogP contribution < -0.4 is 4.74 Å². The number of aryl methyl sites for hydroxylation is 1. The number of carbonyl (C=O) groups is 2. The van der Waals surface area contributed by atoms with Gasteiger partial charge in [-0.15, -0.1) is 0 Å². The fourth-order valence-corrected chi connectivity index (χ4v) is 4.21. The molecule has 1 amide bonds. The molecule has 4 rings (SSSR count). The number of benzene rings is 2. The standard InChI is InChI=1S/C21H19Cl2NO3/c1-13-2-5-19-16(10-13)18(25)12-21(27-19)6-8-24(9-7-21)20(26)15-11-14(22)3-4-17(15)23/h2-5,10-11H,6-9,12H2,1H3. The van der Waals surface area contributed by atoms with E-state index in [9.17, 15) is 9.59 Å². The molecule has 0 bridgehead atoms. The van der Waals surface area contributed by atoms with Crippen molar-refractivity contribution in [3.63, 3.8) is 0 Å². The number of likely N-dealkylation sites (tertiary alicyclic amines) is 1. The molecular formula is C21H19Cl2NO3. The minimum Gasteiger partial charge on any atom is -0.486 e. The summed E-state index contributed by atoms with van der Waals surface area (Å²) in [5.74, 6) is 0.614. The molecular weight excluding hydrogens is 385 g/mol. The van der Waals surface area contributed by atoms with Crippen molar-refractivity contribution in [2.24, 2.45) is 0 Å². The average Bonchev–Trinajstić information content (AvgIpc) is 2.65. The number of piperidine rings is 1. The summed E-state index contributed by atoms with van der Waals surface area (Å²) in [6.45, 7) is 2.98. The summed E-state index contributed by atoms with van der Waals surface area (Å²) in [5.41, 5.74) is 1.57. The largest absolute Gasteiger partial charge is 0.486 e. The van der Waals surface area contributed by atoms with Gasteiger partial charge in [-0.2, -0.15) is 0 Å². The van der Waals surface area contributed by atoms with Gasteiger partial charge < -0.3 is 9.64 Å². The van der Waals surface area contributed by atoms with E-state index in [1.807, 2.05) is 25.1 Å². The van der Waals surface area contributed by atoms with Crippen LogP contribution in [0.5, 0.6) is 5.75 Å². The third-order valence-corrected chi connectivity index (χ3v) is 5.93. The van der Waals surface area contributed by atoms with E-state index >= 15 is 0 Å². The molecule has 27 heavy (non-hydrogen) atoms. The van der Waals surface area contributed by atoms with E-state index in [-0.39, 0.29) is 11.7 Å². The zero-order chi connectivity index (χ0) is 19.2. The van der Waals surface area contributed by atoms with Gasteiger partial charge in [0, 0.05) is 31.0 Å². The number of hydrogen-bond donors (Lipinski definition) is 0. The Morgan fingerprint density at radius 2 is 1.85 bits per heavy atom. The van der Waals surface area contributed by atoms with Crippen LogP contribution in [-0.2, 0) is 0 Å². The summed E-state index contributed by atoms with van der Waals surface area (Å²) < 4.78 is 6.26. The molecule has 2 heterocycles. The van der Waals surface area contributed by atoms with Crippen LogP contribution in [0.2, 0.25) is 10.0 Å². The Bertz CT molecular complexity index is 933. The number of nitrogens with zero attached hydrogens (tertiary/aromatic N) is 1. The number of halogens is 2. The van der Waals surface area contributed by atoms with Gasteiger partial charge in [0.1, 0.15) is 11.4 Å². The van der Waals surface area contributed by atoms with Crippen molar-refractivity contribution in [3.8, 4) is 5.75 Å². The van der Waals surface area contributed by atoms with Crippen LogP contribution in [0.15, 0.2) is 36.4 Å². The van der Waals surface area contributed by atoms with E-state index in [2.05, 4.69) is 0 Å². The summed E-state index contributed by atoms with van der Waals surface area (Å²) in [5, 5.41) is 0.863. The SMILES string of the molecule is Cc1ccc2c(c1)C(=O)CC1(CCN(C(=O)c3cc(Cl)ccc3Cl)CC1)O2. The molecule has 2 aromatic rings. The molecule has 1 spiro atoms. The van der Waals surface area contributed by atoms with Crippen molar-refractivity contribution < 1.29 is 14.3 Å². The zero-order valence-electron chi connectivity index (χ0n) is 14.9. The first-order chi connectivity index (χ1) is 12.9. The van der Waals surface area contributed by atoms with E-state index in [1.165, 1.54) is 0 Å². The van der Waals surface area contributed by atoms with Crippen LogP contribution in [0, 0.1) is 6.92 Å². The molecule has 2 aliphatic rings. The molecule has 4 nitrogen and oxygen atoms in total. The van der Waals surface area contributed by atoms with Gasteiger partial charge in [0.2, 0.25) is 0 Å². The van der Waals surface area contributed by atoms with Crippen molar-refractivity contribution in [1.82, 2.24) is 4.90 Å². The molecule has 2 aromatic carbocycles. The number of fused-ring (bicyclic) bond motifs is 1.